The van der Waals surface area contributed by atoms with E-state index in [1.807, 2.05) is 24.3 Å². The lowest BCUT2D eigenvalue weighted by molar-refractivity contribution is -0.154. The molecule has 0 spiro atoms. The summed E-state index contributed by atoms with van der Waals surface area (Å²) in [5.74, 6) is 1.66. The minimum Gasteiger partial charge on any atom is -0.497 e. The molecule has 0 saturated carbocycles. The van der Waals surface area contributed by atoms with Gasteiger partial charge in [-0.15, -0.1) is 6.58 Å². The second-order valence-corrected chi connectivity index (χ2v) is 7.56. The molecule has 3 unspecified atom stereocenters. The van der Waals surface area contributed by atoms with Crippen LogP contribution in [0.4, 0.5) is 0 Å². The number of pyridine rings is 1. The van der Waals surface area contributed by atoms with Gasteiger partial charge in [-0.05, 0) is 55.5 Å². The first-order valence-corrected chi connectivity index (χ1v) is 9.57. The monoisotopic (exact) mass is 366 g/mol. The Labute approximate surface area is 160 Å². The topological polar surface area (TPSA) is 51.7 Å². The average Bonchev–Trinajstić information content (AvgIpc) is 2.71. The maximum absolute atomic E-state index is 12.0. The molecule has 1 aromatic heterocycles. The van der Waals surface area contributed by atoms with Crippen molar-refractivity contribution in [3.63, 3.8) is 0 Å². The van der Waals surface area contributed by atoms with Crippen molar-refractivity contribution in [1.29, 1.82) is 0 Å². The normalized spacial score (nSPS) is 27.9. The highest BCUT2D eigenvalue weighted by Gasteiger charge is 2.44. The van der Waals surface area contributed by atoms with Crippen LogP contribution >= 0.6 is 0 Å². The van der Waals surface area contributed by atoms with Gasteiger partial charge in [-0.2, -0.15) is 0 Å². The predicted octanol–water partition coefficient (Wildman–Crippen LogP) is 3.74. The minimum atomic E-state index is -0.311. The van der Waals surface area contributed by atoms with E-state index in [0.717, 1.165) is 41.7 Å². The first-order valence-electron chi connectivity index (χ1n) is 9.57. The van der Waals surface area contributed by atoms with Gasteiger partial charge in [-0.25, -0.2) is 0 Å². The third-order valence-corrected chi connectivity index (χ3v) is 6.09. The Morgan fingerprint density at radius 1 is 1.41 bits per heavy atom. The highest BCUT2D eigenvalue weighted by molar-refractivity contribution is 5.84. The van der Waals surface area contributed by atoms with Gasteiger partial charge in [0.05, 0.1) is 18.7 Å². The number of carbonyl (C=O) groups excluding carboxylic acids is 1. The van der Waals surface area contributed by atoms with Crippen LogP contribution in [0.15, 0.2) is 43.1 Å². The van der Waals surface area contributed by atoms with E-state index >= 15 is 0 Å². The van der Waals surface area contributed by atoms with Crippen LogP contribution in [0.1, 0.15) is 31.4 Å². The molecule has 0 N–H and O–H groups in total. The zero-order chi connectivity index (χ0) is 19.0. The second kappa shape index (κ2) is 7.31. The number of aromatic nitrogens is 1. The summed E-state index contributed by atoms with van der Waals surface area (Å²) in [4.78, 5) is 18.9. The van der Waals surface area contributed by atoms with Crippen molar-refractivity contribution in [2.45, 2.75) is 31.9 Å². The highest BCUT2D eigenvalue weighted by Crippen LogP contribution is 2.43. The van der Waals surface area contributed by atoms with Crippen LogP contribution in [0.2, 0.25) is 0 Å². The molecule has 1 aromatic carbocycles. The first kappa shape index (κ1) is 18.0. The number of rotatable bonds is 5. The lowest BCUT2D eigenvalue weighted by atomic mass is 9.73. The molecule has 5 rings (SSSR count). The number of esters is 1. The molecule has 0 amide bonds. The number of methoxy groups -OCH3 is 1. The van der Waals surface area contributed by atoms with E-state index in [1.165, 1.54) is 13.3 Å². The number of ether oxygens (including phenoxy) is 2. The van der Waals surface area contributed by atoms with Gasteiger partial charge < -0.3 is 9.47 Å². The lowest BCUT2D eigenvalue weighted by Gasteiger charge is -2.51. The molecule has 5 atom stereocenters. The Morgan fingerprint density at radius 3 is 2.93 bits per heavy atom. The maximum Gasteiger partial charge on any atom is 0.303 e. The summed E-state index contributed by atoms with van der Waals surface area (Å²) in [6, 6.07) is 7.99. The lowest BCUT2D eigenvalue weighted by Crippen LogP contribution is -2.55. The summed E-state index contributed by atoms with van der Waals surface area (Å²) >= 11 is 0. The molecular weight excluding hydrogens is 340 g/mol. The van der Waals surface area contributed by atoms with Crippen LogP contribution in [-0.2, 0) is 9.53 Å². The van der Waals surface area contributed by atoms with Gasteiger partial charge in [0, 0.05) is 30.6 Å². The molecule has 4 heterocycles. The van der Waals surface area contributed by atoms with E-state index in [2.05, 4.69) is 22.5 Å². The van der Waals surface area contributed by atoms with Crippen LogP contribution in [0.5, 0.6) is 5.75 Å². The fourth-order valence-corrected chi connectivity index (χ4v) is 4.74. The summed E-state index contributed by atoms with van der Waals surface area (Å²) in [6.45, 7) is 7.53. The summed E-state index contributed by atoms with van der Waals surface area (Å²) in [7, 11) is 1.65. The predicted molar refractivity (Wildman–Crippen MR) is 105 cm³/mol. The van der Waals surface area contributed by atoms with Gasteiger partial charge >= 0.3 is 5.97 Å². The van der Waals surface area contributed by atoms with E-state index < -0.39 is 0 Å². The summed E-state index contributed by atoms with van der Waals surface area (Å²) < 4.78 is 11.3. The number of hydrogen-bond acceptors (Lipinski definition) is 5. The number of carbonyl (C=O) groups is 1. The zero-order valence-corrected chi connectivity index (χ0v) is 15.9. The van der Waals surface area contributed by atoms with E-state index in [9.17, 15) is 4.79 Å². The maximum atomic E-state index is 12.0. The van der Waals surface area contributed by atoms with Crippen molar-refractivity contribution in [3.05, 3.63) is 48.7 Å². The number of nitrogens with zero attached hydrogens (tertiary/aromatic N) is 2. The van der Waals surface area contributed by atoms with Crippen LogP contribution < -0.4 is 4.74 Å². The van der Waals surface area contributed by atoms with Crippen molar-refractivity contribution < 1.29 is 14.3 Å². The Bertz CT molecular complexity index is 866. The zero-order valence-electron chi connectivity index (χ0n) is 15.9. The molecular formula is C22H26N2O3. The Kier molecular flexibility index (Phi) is 4.87. The molecule has 0 aliphatic carbocycles. The number of benzene rings is 1. The molecule has 27 heavy (non-hydrogen) atoms. The Balaban J connectivity index is 1.76. The smallest absolute Gasteiger partial charge is 0.303 e. The van der Waals surface area contributed by atoms with Gasteiger partial charge in [0.2, 0.25) is 0 Å². The molecule has 3 saturated heterocycles. The molecule has 5 nitrogen and oxygen atoms in total. The van der Waals surface area contributed by atoms with E-state index in [0.29, 0.717) is 11.8 Å². The average molecular weight is 366 g/mol. The SMILES string of the molecule is C=CC1CN2CC[C@H]1CC2[C@@H](OC(C)=O)c1ccnc2ccc(OC)cc12. The summed E-state index contributed by atoms with van der Waals surface area (Å²) in [5, 5.41) is 0.978. The molecule has 5 heteroatoms. The first-order chi connectivity index (χ1) is 13.1. The summed E-state index contributed by atoms with van der Waals surface area (Å²) in [5.41, 5.74) is 1.88. The molecule has 3 aliphatic rings. The summed E-state index contributed by atoms with van der Waals surface area (Å²) in [6.07, 6.45) is 5.77. The largest absolute Gasteiger partial charge is 0.497 e. The van der Waals surface area contributed by atoms with Gasteiger partial charge in [0.25, 0.3) is 0 Å². The van der Waals surface area contributed by atoms with Gasteiger partial charge in [-0.1, -0.05) is 6.08 Å². The molecule has 2 aromatic rings. The molecule has 3 aliphatic heterocycles. The van der Waals surface area contributed by atoms with Gasteiger partial charge in [0.1, 0.15) is 11.9 Å². The molecule has 3 fully saturated rings. The van der Waals surface area contributed by atoms with Crippen molar-refractivity contribution in [2.24, 2.45) is 11.8 Å². The molecule has 0 radical (unpaired) electrons. The van der Waals surface area contributed by atoms with E-state index in [4.69, 9.17) is 9.47 Å². The second-order valence-electron chi connectivity index (χ2n) is 7.56. The number of fused-ring (bicyclic) bond motifs is 4. The van der Waals surface area contributed by atoms with E-state index in [1.54, 1.807) is 13.3 Å². The Hall–Kier alpha value is -2.40. The molecule has 142 valence electrons. The highest BCUT2D eigenvalue weighted by atomic mass is 16.5. The van der Waals surface area contributed by atoms with Crippen molar-refractivity contribution >= 4 is 16.9 Å². The number of hydrogen-bond donors (Lipinski definition) is 0. The van der Waals surface area contributed by atoms with Gasteiger partial charge in [0.15, 0.2) is 0 Å². The van der Waals surface area contributed by atoms with Gasteiger partial charge in [-0.3, -0.25) is 14.7 Å². The van der Waals surface area contributed by atoms with Crippen LogP contribution in [0, 0.1) is 11.8 Å². The van der Waals surface area contributed by atoms with Crippen LogP contribution in [0.3, 0.4) is 0 Å². The Morgan fingerprint density at radius 2 is 2.26 bits per heavy atom. The molecule has 2 bridgehead atoms. The van der Waals surface area contributed by atoms with Crippen LogP contribution in [-0.4, -0.2) is 42.1 Å². The minimum absolute atomic E-state index is 0.181. The fourth-order valence-electron chi connectivity index (χ4n) is 4.74. The van der Waals surface area contributed by atoms with E-state index in [-0.39, 0.29) is 18.1 Å². The van der Waals surface area contributed by atoms with Crippen molar-refractivity contribution in [3.8, 4) is 5.75 Å². The fraction of sp³-hybridized carbons (Fsp3) is 0.455. The quantitative estimate of drug-likeness (QED) is 0.596. The van der Waals surface area contributed by atoms with Crippen LogP contribution in [0.25, 0.3) is 10.9 Å². The van der Waals surface area contributed by atoms with Crippen molar-refractivity contribution in [1.82, 2.24) is 9.88 Å². The number of piperidine rings is 3. The third-order valence-electron chi connectivity index (χ3n) is 6.09. The standard InChI is InChI=1S/C22H26N2O3/c1-4-15-13-24-10-8-16(15)11-21(24)22(27-14(2)25)18-7-9-23-20-6-5-17(26-3)12-19(18)20/h4-7,9,12,15-16,21-22H,1,8,10-11,13H2,2-3H3/t15?,16-,21?,22-/m0/s1. The third kappa shape index (κ3) is 3.32. The van der Waals surface area contributed by atoms with Crippen molar-refractivity contribution in [2.75, 3.05) is 20.2 Å².